The number of aliphatic hydroxyl groups is 2. The van der Waals surface area contributed by atoms with Crippen LogP contribution in [0.25, 0.3) is 0 Å². The molecule has 0 aliphatic rings. The van der Waals surface area contributed by atoms with Crippen molar-refractivity contribution in [1.29, 1.82) is 0 Å². The normalized spacial score (nSPS) is 12.9. The number of unbranched alkanes of at least 4 members (excludes halogenated alkanes) is 43. The van der Waals surface area contributed by atoms with Crippen molar-refractivity contribution in [3.63, 3.8) is 0 Å². The lowest BCUT2D eigenvalue weighted by atomic mass is 10.0. The predicted octanol–water partition coefficient (Wildman–Crippen LogP) is 20.5. The van der Waals surface area contributed by atoms with Crippen LogP contribution in [0.15, 0.2) is 48.6 Å². The maximum Gasteiger partial charge on any atom is 0.305 e. The number of carbonyl (C=O) groups is 2. The Morgan fingerprint density at radius 1 is 0.384 bits per heavy atom. The maximum atomic E-state index is 12.4. The van der Waals surface area contributed by atoms with Gasteiger partial charge in [0.2, 0.25) is 5.91 Å². The van der Waals surface area contributed by atoms with Crippen molar-refractivity contribution >= 4 is 11.9 Å². The molecule has 6 nitrogen and oxygen atoms in total. The second-order valence-corrected chi connectivity index (χ2v) is 22.1. The van der Waals surface area contributed by atoms with Gasteiger partial charge in [-0.1, -0.05) is 294 Å². The molecule has 2 unspecified atom stereocenters. The molecule has 73 heavy (non-hydrogen) atoms. The Morgan fingerprint density at radius 2 is 0.699 bits per heavy atom. The topological polar surface area (TPSA) is 95.9 Å². The predicted molar refractivity (Wildman–Crippen MR) is 319 cm³/mol. The molecule has 0 bridgehead atoms. The van der Waals surface area contributed by atoms with E-state index in [1.165, 1.54) is 263 Å². The summed E-state index contributed by atoms with van der Waals surface area (Å²) in [6.45, 7) is 4.84. The highest BCUT2D eigenvalue weighted by atomic mass is 16.5. The van der Waals surface area contributed by atoms with Crippen molar-refractivity contribution in [2.24, 2.45) is 0 Å². The molecule has 0 aromatic heterocycles. The van der Waals surface area contributed by atoms with Crippen LogP contribution in [0.5, 0.6) is 0 Å². The summed E-state index contributed by atoms with van der Waals surface area (Å²) >= 11 is 0. The summed E-state index contributed by atoms with van der Waals surface area (Å²) in [5.41, 5.74) is 0. The molecule has 0 aromatic carbocycles. The first kappa shape index (κ1) is 70.8. The number of hydrogen-bond acceptors (Lipinski definition) is 5. The number of carbonyl (C=O) groups excluding carboxylic acids is 2. The van der Waals surface area contributed by atoms with Crippen molar-refractivity contribution in [1.82, 2.24) is 5.32 Å². The second-order valence-electron chi connectivity index (χ2n) is 22.1. The third-order valence-electron chi connectivity index (χ3n) is 14.8. The third kappa shape index (κ3) is 58.9. The maximum absolute atomic E-state index is 12.4. The molecule has 2 atom stereocenters. The molecule has 0 fully saturated rings. The molecular formula is C67H125NO5. The van der Waals surface area contributed by atoms with Crippen LogP contribution >= 0.6 is 0 Å². The minimum Gasteiger partial charge on any atom is -0.466 e. The van der Waals surface area contributed by atoms with Gasteiger partial charge in [0.15, 0.2) is 0 Å². The van der Waals surface area contributed by atoms with Gasteiger partial charge in [-0.05, 0) is 83.5 Å². The molecular weight excluding hydrogens is 899 g/mol. The van der Waals surface area contributed by atoms with E-state index in [-0.39, 0.29) is 18.5 Å². The number of aliphatic hydroxyl groups excluding tert-OH is 2. The summed E-state index contributed by atoms with van der Waals surface area (Å²) in [5.74, 6) is -0.0638. The SMILES string of the molecule is CCCC/C=C\C/C=C\CCCCCCCC(=O)OCCCCCCCCCCCCCC/C=C\CCCCCCCCCCCCCCCCCCCC(=O)NC(CO)C(O)/C=C/CCCCCCCCC. The van der Waals surface area contributed by atoms with Gasteiger partial charge in [0, 0.05) is 12.8 Å². The minimum absolute atomic E-state index is 0.00338. The molecule has 0 aromatic rings. The van der Waals surface area contributed by atoms with Gasteiger partial charge in [0.25, 0.3) is 0 Å². The van der Waals surface area contributed by atoms with Crippen LogP contribution in [-0.2, 0) is 14.3 Å². The average Bonchev–Trinajstić information content (AvgIpc) is 3.39. The zero-order valence-electron chi connectivity index (χ0n) is 48.9. The molecule has 0 radical (unpaired) electrons. The highest BCUT2D eigenvalue weighted by molar-refractivity contribution is 5.76. The fourth-order valence-electron chi connectivity index (χ4n) is 9.82. The van der Waals surface area contributed by atoms with Crippen LogP contribution < -0.4 is 5.32 Å². The van der Waals surface area contributed by atoms with Gasteiger partial charge >= 0.3 is 5.97 Å². The summed E-state index contributed by atoms with van der Waals surface area (Å²) in [6, 6.07) is -0.623. The highest BCUT2D eigenvalue weighted by Gasteiger charge is 2.18. The number of nitrogens with one attached hydrogen (secondary N) is 1. The zero-order chi connectivity index (χ0) is 52.9. The molecule has 0 heterocycles. The Bertz CT molecular complexity index is 1230. The minimum atomic E-state index is -0.840. The zero-order valence-corrected chi connectivity index (χ0v) is 48.9. The lowest BCUT2D eigenvalue weighted by molar-refractivity contribution is -0.143. The number of rotatable bonds is 60. The standard InChI is InChI=1S/C67H125NO5/c1-3-5-7-9-11-13-14-15-38-41-45-49-53-57-61-67(72)73-62-58-54-50-46-42-39-36-34-32-30-28-26-24-22-20-18-16-17-19-21-23-25-27-29-31-33-35-37-40-44-48-52-56-60-66(71)68-64(63-69)65(70)59-55-51-47-43-12-10-8-6-4-2/h9,11,14-15,20,22,55,59,64-65,69-70H,3-8,10,12-13,16-19,21,23-54,56-58,60-63H2,1-2H3,(H,68,71)/b11-9-,15-14-,22-20-,59-55+. The van der Waals surface area contributed by atoms with Crippen molar-refractivity contribution in [3.8, 4) is 0 Å². The summed E-state index contributed by atoms with van der Waals surface area (Å²) < 4.78 is 5.48. The molecule has 428 valence electrons. The first-order valence-corrected chi connectivity index (χ1v) is 32.4. The Balaban J connectivity index is 3.34. The van der Waals surface area contributed by atoms with Crippen molar-refractivity contribution < 1.29 is 24.5 Å². The summed E-state index contributed by atoms with van der Waals surface area (Å²) in [6.07, 6.45) is 80.5. The molecule has 0 aliphatic carbocycles. The molecule has 0 saturated carbocycles. The fourth-order valence-corrected chi connectivity index (χ4v) is 9.82. The van der Waals surface area contributed by atoms with Crippen molar-refractivity contribution in [2.45, 2.75) is 353 Å². The van der Waals surface area contributed by atoms with Gasteiger partial charge in [-0.25, -0.2) is 0 Å². The second kappa shape index (κ2) is 62.4. The van der Waals surface area contributed by atoms with E-state index < -0.39 is 12.1 Å². The number of ether oxygens (including phenoxy) is 1. The van der Waals surface area contributed by atoms with E-state index in [9.17, 15) is 19.8 Å². The monoisotopic (exact) mass is 1020 g/mol. The summed E-state index contributed by atoms with van der Waals surface area (Å²) in [5, 5.41) is 23.0. The Labute approximate surface area is 455 Å². The van der Waals surface area contributed by atoms with Crippen LogP contribution in [0.3, 0.4) is 0 Å². The van der Waals surface area contributed by atoms with Gasteiger partial charge in [-0.3, -0.25) is 9.59 Å². The highest BCUT2D eigenvalue weighted by Crippen LogP contribution is 2.17. The largest absolute Gasteiger partial charge is 0.466 e. The van der Waals surface area contributed by atoms with E-state index >= 15 is 0 Å². The van der Waals surface area contributed by atoms with E-state index in [0.717, 1.165) is 51.4 Å². The lowest BCUT2D eigenvalue weighted by Crippen LogP contribution is -2.45. The Hall–Kier alpha value is -2.18. The van der Waals surface area contributed by atoms with Crippen LogP contribution in [-0.4, -0.2) is 47.4 Å². The van der Waals surface area contributed by atoms with E-state index in [1.54, 1.807) is 6.08 Å². The summed E-state index contributed by atoms with van der Waals surface area (Å²) in [4.78, 5) is 24.4. The van der Waals surface area contributed by atoms with Crippen LogP contribution in [0.1, 0.15) is 341 Å². The van der Waals surface area contributed by atoms with Gasteiger partial charge in [-0.15, -0.1) is 0 Å². The third-order valence-corrected chi connectivity index (χ3v) is 14.8. The van der Waals surface area contributed by atoms with Gasteiger partial charge < -0.3 is 20.3 Å². The number of hydrogen-bond donors (Lipinski definition) is 3. The van der Waals surface area contributed by atoms with E-state index in [1.807, 2.05) is 6.08 Å². The number of esters is 1. The molecule has 0 aliphatic heterocycles. The fraction of sp³-hybridized carbons (Fsp3) is 0.851. The van der Waals surface area contributed by atoms with E-state index in [0.29, 0.717) is 19.4 Å². The lowest BCUT2D eigenvalue weighted by Gasteiger charge is -2.20. The quantitative estimate of drug-likeness (QED) is 0.0320. The van der Waals surface area contributed by atoms with Crippen LogP contribution in [0.4, 0.5) is 0 Å². The van der Waals surface area contributed by atoms with Crippen molar-refractivity contribution in [3.05, 3.63) is 48.6 Å². The van der Waals surface area contributed by atoms with E-state index in [4.69, 9.17) is 4.74 Å². The molecule has 1 amide bonds. The Morgan fingerprint density at radius 3 is 1.10 bits per heavy atom. The van der Waals surface area contributed by atoms with Gasteiger partial charge in [0.1, 0.15) is 0 Å². The average molecular weight is 1020 g/mol. The van der Waals surface area contributed by atoms with Gasteiger partial charge in [-0.2, -0.15) is 0 Å². The van der Waals surface area contributed by atoms with E-state index in [2.05, 4.69) is 55.6 Å². The Kier molecular flexibility index (Phi) is 60.5. The first-order valence-electron chi connectivity index (χ1n) is 32.4. The number of amides is 1. The molecule has 3 N–H and O–H groups in total. The number of allylic oxidation sites excluding steroid dienone is 7. The van der Waals surface area contributed by atoms with Crippen LogP contribution in [0, 0.1) is 0 Å². The first-order chi connectivity index (χ1) is 36.0. The van der Waals surface area contributed by atoms with Crippen molar-refractivity contribution in [2.75, 3.05) is 13.2 Å². The van der Waals surface area contributed by atoms with Crippen LogP contribution in [0.2, 0.25) is 0 Å². The molecule has 0 spiro atoms. The van der Waals surface area contributed by atoms with Gasteiger partial charge in [0.05, 0.1) is 25.4 Å². The smallest absolute Gasteiger partial charge is 0.305 e. The summed E-state index contributed by atoms with van der Waals surface area (Å²) in [7, 11) is 0. The molecule has 6 heteroatoms. The molecule has 0 saturated heterocycles. The molecule has 0 rings (SSSR count).